The molecule has 0 saturated heterocycles. The van der Waals surface area contributed by atoms with E-state index in [1.54, 1.807) is 0 Å². The molecule has 0 bridgehead atoms. The van der Waals surface area contributed by atoms with E-state index in [9.17, 15) is 8.42 Å². The van der Waals surface area contributed by atoms with Gasteiger partial charge in [0.05, 0.1) is 6.26 Å². The summed E-state index contributed by atoms with van der Waals surface area (Å²) in [6, 6.07) is 8.93. The molecule has 2 rings (SSSR count). The first kappa shape index (κ1) is 13.4. The molecule has 5 heteroatoms. The van der Waals surface area contributed by atoms with E-state index in [1.807, 2.05) is 0 Å². The molecular formula is C13H20N2O2S. The predicted molar refractivity (Wildman–Crippen MR) is 74.4 cm³/mol. The van der Waals surface area contributed by atoms with Crippen LogP contribution in [-0.2, 0) is 16.4 Å². The van der Waals surface area contributed by atoms with Crippen LogP contribution < -0.4 is 9.62 Å². The second kappa shape index (κ2) is 5.28. The van der Waals surface area contributed by atoms with Crippen LogP contribution in [0.4, 0.5) is 5.69 Å². The average Bonchev–Trinajstić information content (AvgIpc) is 2.59. The molecule has 1 aliphatic rings. The van der Waals surface area contributed by atoms with Crippen LogP contribution >= 0.6 is 0 Å². The first-order valence-electron chi connectivity index (χ1n) is 6.26. The van der Waals surface area contributed by atoms with Crippen LogP contribution in [0, 0.1) is 0 Å². The van der Waals surface area contributed by atoms with E-state index in [4.69, 9.17) is 0 Å². The minimum atomic E-state index is -3.06. The van der Waals surface area contributed by atoms with Crippen molar-refractivity contribution in [3.05, 3.63) is 29.8 Å². The fourth-order valence-electron chi connectivity index (χ4n) is 2.48. The van der Waals surface area contributed by atoms with Gasteiger partial charge in [-0.2, -0.15) is 0 Å². The summed E-state index contributed by atoms with van der Waals surface area (Å²) in [5, 5.41) is 0. The third kappa shape index (κ3) is 3.23. The van der Waals surface area contributed by atoms with E-state index >= 15 is 0 Å². The number of fused-ring (bicyclic) bond motifs is 1. The van der Waals surface area contributed by atoms with Crippen LogP contribution in [0.25, 0.3) is 0 Å². The molecule has 1 atom stereocenters. The molecular weight excluding hydrogens is 248 g/mol. The first-order chi connectivity index (χ1) is 8.47. The van der Waals surface area contributed by atoms with Gasteiger partial charge in [0, 0.05) is 24.8 Å². The van der Waals surface area contributed by atoms with E-state index in [2.05, 4.69) is 40.8 Å². The molecule has 0 spiro atoms. The molecule has 0 amide bonds. The maximum absolute atomic E-state index is 11.0. The maximum atomic E-state index is 11.0. The SMILES string of the molecule is C[C@@H]1Cc2ccccc2N1CCCNS(C)(=O)=O. The lowest BCUT2D eigenvalue weighted by Gasteiger charge is -2.24. The molecule has 0 aromatic heterocycles. The van der Waals surface area contributed by atoms with Crippen LogP contribution in [0.5, 0.6) is 0 Å². The van der Waals surface area contributed by atoms with Gasteiger partial charge in [-0.05, 0) is 31.4 Å². The largest absolute Gasteiger partial charge is 0.368 e. The number of nitrogens with one attached hydrogen (secondary N) is 1. The number of sulfonamides is 1. The minimum absolute atomic E-state index is 0.501. The van der Waals surface area contributed by atoms with Crippen LogP contribution in [0.2, 0.25) is 0 Å². The van der Waals surface area contributed by atoms with E-state index in [1.165, 1.54) is 17.5 Å². The van der Waals surface area contributed by atoms with Crippen molar-refractivity contribution in [1.82, 2.24) is 4.72 Å². The predicted octanol–water partition coefficient (Wildman–Crippen LogP) is 1.38. The smallest absolute Gasteiger partial charge is 0.208 e. The fraction of sp³-hybridized carbons (Fsp3) is 0.538. The molecule has 0 aliphatic carbocycles. The van der Waals surface area contributed by atoms with Crippen molar-refractivity contribution < 1.29 is 8.42 Å². The van der Waals surface area contributed by atoms with Crippen molar-refractivity contribution >= 4 is 15.7 Å². The molecule has 1 aromatic carbocycles. The highest BCUT2D eigenvalue weighted by atomic mass is 32.2. The van der Waals surface area contributed by atoms with Gasteiger partial charge in [0.2, 0.25) is 10.0 Å². The summed E-state index contributed by atoms with van der Waals surface area (Å²) in [6.07, 6.45) is 3.10. The third-order valence-corrected chi connectivity index (χ3v) is 4.02. The van der Waals surface area contributed by atoms with E-state index in [0.29, 0.717) is 12.6 Å². The van der Waals surface area contributed by atoms with Gasteiger partial charge in [-0.15, -0.1) is 0 Å². The van der Waals surface area contributed by atoms with E-state index in [0.717, 1.165) is 19.4 Å². The van der Waals surface area contributed by atoms with Gasteiger partial charge in [-0.25, -0.2) is 13.1 Å². The maximum Gasteiger partial charge on any atom is 0.208 e. The highest BCUT2D eigenvalue weighted by molar-refractivity contribution is 7.88. The molecule has 0 saturated carbocycles. The normalized spacial score (nSPS) is 19.0. The lowest BCUT2D eigenvalue weighted by molar-refractivity contribution is 0.581. The molecule has 4 nitrogen and oxygen atoms in total. The molecule has 1 N–H and O–H groups in total. The van der Waals surface area contributed by atoms with Gasteiger partial charge < -0.3 is 4.90 Å². The van der Waals surface area contributed by atoms with Crippen LogP contribution in [0.3, 0.4) is 0 Å². The molecule has 1 aromatic rings. The minimum Gasteiger partial charge on any atom is -0.368 e. The molecule has 0 fully saturated rings. The zero-order valence-electron chi connectivity index (χ0n) is 10.9. The number of hydrogen-bond donors (Lipinski definition) is 1. The van der Waals surface area contributed by atoms with Crippen molar-refractivity contribution in [3.8, 4) is 0 Å². The fourth-order valence-corrected chi connectivity index (χ4v) is 2.99. The second-order valence-electron chi connectivity index (χ2n) is 4.90. The Morgan fingerprint density at radius 1 is 1.39 bits per heavy atom. The number of benzene rings is 1. The first-order valence-corrected chi connectivity index (χ1v) is 8.16. The Hall–Kier alpha value is -1.07. The van der Waals surface area contributed by atoms with Gasteiger partial charge in [0.15, 0.2) is 0 Å². The van der Waals surface area contributed by atoms with Gasteiger partial charge in [-0.3, -0.25) is 0 Å². The van der Waals surface area contributed by atoms with Crippen molar-refractivity contribution in [1.29, 1.82) is 0 Å². The Morgan fingerprint density at radius 2 is 2.11 bits per heavy atom. The summed E-state index contributed by atoms with van der Waals surface area (Å²) >= 11 is 0. The number of nitrogens with zero attached hydrogens (tertiary/aromatic N) is 1. The highest BCUT2D eigenvalue weighted by Crippen LogP contribution is 2.31. The van der Waals surface area contributed by atoms with Gasteiger partial charge in [0.1, 0.15) is 0 Å². The topological polar surface area (TPSA) is 49.4 Å². The molecule has 1 heterocycles. The highest BCUT2D eigenvalue weighted by Gasteiger charge is 2.24. The zero-order valence-corrected chi connectivity index (χ0v) is 11.7. The Balaban J connectivity index is 1.90. The van der Waals surface area contributed by atoms with E-state index < -0.39 is 10.0 Å². The summed E-state index contributed by atoms with van der Waals surface area (Å²) < 4.78 is 24.5. The Kier molecular flexibility index (Phi) is 3.92. The zero-order chi connectivity index (χ0) is 13.2. The number of anilines is 1. The Morgan fingerprint density at radius 3 is 2.83 bits per heavy atom. The summed E-state index contributed by atoms with van der Waals surface area (Å²) in [5.41, 5.74) is 2.69. The standard InChI is InChI=1S/C13H20N2O2S/c1-11-10-12-6-3-4-7-13(12)15(11)9-5-8-14-18(2,16)17/h3-4,6-7,11,14H,5,8-10H2,1-2H3/t11-/m1/s1. The number of para-hydroxylation sites is 1. The quantitative estimate of drug-likeness (QED) is 0.821. The van der Waals surface area contributed by atoms with Crippen molar-refractivity contribution in [3.63, 3.8) is 0 Å². The Labute approximate surface area is 109 Å². The Bertz CT molecular complexity index is 513. The summed E-state index contributed by atoms with van der Waals surface area (Å²) in [7, 11) is -3.06. The third-order valence-electron chi connectivity index (χ3n) is 3.29. The van der Waals surface area contributed by atoms with Crippen molar-refractivity contribution in [2.75, 3.05) is 24.2 Å². The van der Waals surface area contributed by atoms with Crippen LogP contribution in [0.15, 0.2) is 24.3 Å². The summed E-state index contributed by atoms with van der Waals surface area (Å²) in [4.78, 5) is 2.36. The van der Waals surface area contributed by atoms with Crippen molar-refractivity contribution in [2.24, 2.45) is 0 Å². The molecule has 1 aliphatic heterocycles. The molecule has 18 heavy (non-hydrogen) atoms. The molecule has 0 unspecified atom stereocenters. The average molecular weight is 268 g/mol. The van der Waals surface area contributed by atoms with Crippen molar-refractivity contribution in [2.45, 2.75) is 25.8 Å². The van der Waals surface area contributed by atoms with E-state index in [-0.39, 0.29) is 0 Å². The number of rotatable bonds is 5. The van der Waals surface area contributed by atoms with Crippen LogP contribution in [0.1, 0.15) is 18.9 Å². The molecule has 0 radical (unpaired) electrons. The summed E-state index contributed by atoms with van der Waals surface area (Å²) in [5.74, 6) is 0. The lowest BCUT2D eigenvalue weighted by Crippen LogP contribution is -2.33. The lowest BCUT2D eigenvalue weighted by atomic mass is 10.1. The summed E-state index contributed by atoms with van der Waals surface area (Å²) in [6.45, 7) is 3.61. The van der Waals surface area contributed by atoms with Gasteiger partial charge in [-0.1, -0.05) is 18.2 Å². The monoisotopic (exact) mass is 268 g/mol. The second-order valence-corrected chi connectivity index (χ2v) is 6.73. The van der Waals surface area contributed by atoms with Crippen LogP contribution in [-0.4, -0.2) is 33.8 Å². The van der Waals surface area contributed by atoms with Gasteiger partial charge in [0.25, 0.3) is 0 Å². The van der Waals surface area contributed by atoms with Gasteiger partial charge >= 0.3 is 0 Å². The number of hydrogen-bond acceptors (Lipinski definition) is 3. The molecule has 100 valence electrons.